The quantitative estimate of drug-likeness (QED) is 0.739. The second-order valence-electron chi connectivity index (χ2n) is 6.19. The minimum Gasteiger partial charge on any atom is -0.465 e. The molecular formula is C19H19FN2O6S. The van der Waals surface area contributed by atoms with Crippen LogP contribution in [-0.2, 0) is 19.5 Å². The van der Waals surface area contributed by atoms with Crippen LogP contribution in [0.2, 0.25) is 0 Å². The standard InChI is InChI=1S/C19H19FN2O6S/c1-27-19(24)13-6-7-15(20)17(12-13)29(25,26)21-16-5-3-2-4-14(16)18(23)22-8-10-28-11-9-22/h2-7,12,21H,8-11H2,1H3. The topological polar surface area (TPSA) is 102 Å². The molecule has 1 N–H and O–H groups in total. The molecule has 154 valence electrons. The van der Waals surface area contributed by atoms with Gasteiger partial charge in [0.15, 0.2) is 0 Å². The van der Waals surface area contributed by atoms with E-state index in [4.69, 9.17) is 4.74 Å². The van der Waals surface area contributed by atoms with Gasteiger partial charge in [0.25, 0.3) is 15.9 Å². The number of sulfonamides is 1. The molecule has 2 aromatic carbocycles. The molecule has 1 heterocycles. The van der Waals surface area contributed by atoms with Gasteiger partial charge in [-0.15, -0.1) is 0 Å². The van der Waals surface area contributed by atoms with Crippen molar-refractivity contribution in [2.45, 2.75) is 4.90 Å². The maximum Gasteiger partial charge on any atom is 0.337 e. The number of para-hydroxylation sites is 1. The molecule has 0 unspecified atom stereocenters. The van der Waals surface area contributed by atoms with Gasteiger partial charge in [0.05, 0.1) is 37.1 Å². The summed E-state index contributed by atoms with van der Waals surface area (Å²) in [6, 6.07) is 8.92. The number of nitrogens with one attached hydrogen (secondary N) is 1. The number of ether oxygens (including phenoxy) is 2. The van der Waals surface area contributed by atoms with Crippen molar-refractivity contribution in [1.29, 1.82) is 0 Å². The van der Waals surface area contributed by atoms with E-state index in [9.17, 15) is 22.4 Å². The van der Waals surface area contributed by atoms with Crippen LogP contribution in [0.15, 0.2) is 47.4 Å². The second-order valence-corrected chi connectivity index (χ2v) is 7.84. The van der Waals surface area contributed by atoms with Gasteiger partial charge in [-0.2, -0.15) is 0 Å². The van der Waals surface area contributed by atoms with E-state index < -0.39 is 26.7 Å². The molecule has 8 nitrogen and oxygen atoms in total. The van der Waals surface area contributed by atoms with E-state index in [0.717, 1.165) is 25.3 Å². The number of hydrogen-bond donors (Lipinski definition) is 1. The first kappa shape index (κ1) is 20.7. The Hall–Kier alpha value is -2.98. The number of morpholine rings is 1. The van der Waals surface area contributed by atoms with Crippen molar-refractivity contribution in [1.82, 2.24) is 4.90 Å². The molecule has 1 fully saturated rings. The Morgan fingerprint density at radius 3 is 2.52 bits per heavy atom. The molecule has 0 saturated carbocycles. The van der Waals surface area contributed by atoms with Crippen LogP contribution in [0.3, 0.4) is 0 Å². The number of hydrogen-bond acceptors (Lipinski definition) is 6. The molecule has 10 heteroatoms. The molecule has 0 radical (unpaired) electrons. The Morgan fingerprint density at radius 2 is 1.83 bits per heavy atom. The minimum atomic E-state index is -4.42. The average Bonchev–Trinajstić information content (AvgIpc) is 2.73. The van der Waals surface area contributed by atoms with Gasteiger partial charge in [0.2, 0.25) is 0 Å². The fourth-order valence-electron chi connectivity index (χ4n) is 2.85. The number of anilines is 1. The lowest BCUT2D eigenvalue weighted by atomic mass is 10.1. The number of carbonyl (C=O) groups is 2. The van der Waals surface area contributed by atoms with E-state index in [-0.39, 0.29) is 22.7 Å². The van der Waals surface area contributed by atoms with E-state index >= 15 is 0 Å². The molecule has 29 heavy (non-hydrogen) atoms. The highest BCUT2D eigenvalue weighted by molar-refractivity contribution is 7.92. The van der Waals surface area contributed by atoms with Gasteiger partial charge in [-0.25, -0.2) is 17.6 Å². The molecule has 0 atom stereocenters. The summed E-state index contributed by atoms with van der Waals surface area (Å²) >= 11 is 0. The van der Waals surface area contributed by atoms with Gasteiger partial charge in [-0.1, -0.05) is 12.1 Å². The van der Waals surface area contributed by atoms with Crippen molar-refractivity contribution in [2.24, 2.45) is 0 Å². The van der Waals surface area contributed by atoms with E-state index in [0.29, 0.717) is 26.3 Å². The lowest BCUT2D eigenvalue weighted by Gasteiger charge is -2.27. The zero-order valence-electron chi connectivity index (χ0n) is 15.6. The summed E-state index contributed by atoms with van der Waals surface area (Å²) in [5, 5.41) is 0. The Labute approximate surface area is 167 Å². The molecule has 1 aliphatic rings. The molecule has 1 saturated heterocycles. The Bertz CT molecular complexity index is 1030. The highest BCUT2D eigenvalue weighted by atomic mass is 32.2. The number of methoxy groups -OCH3 is 1. The number of nitrogens with zero attached hydrogens (tertiary/aromatic N) is 1. The van der Waals surface area contributed by atoms with Gasteiger partial charge in [-0.05, 0) is 30.3 Å². The molecule has 0 aromatic heterocycles. The van der Waals surface area contributed by atoms with Gasteiger partial charge >= 0.3 is 5.97 Å². The van der Waals surface area contributed by atoms with Gasteiger partial charge in [-0.3, -0.25) is 9.52 Å². The Kier molecular flexibility index (Phi) is 6.14. The van der Waals surface area contributed by atoms with Gasteiger partial charge in [0, 0.05) is 13.1 Å². The average molecular weight is 422 g/mol. The summed E-state index contributed by atoms with van der Waals surface area (Å²) in [5.41, 5.74) is 0.0151. The molecule has 1 amide bonds. The van der Waals surface area contributed by atoms with Crippen LogP contribution in [0, 0.1) is 5.82 Å². The van der Waals surface area contributed by atoms with Gasteiger partial charge in [0.1, 0.15) is 10.7 Å². The lowest BCUT2D eigenvalue weighted by Crippen LogP contribution is -2.41. The minimum absolute atomic E-state index is 0.00635. The third kappa shape index (κ3) is 4.54. The van der Waals surface area contributed by atoms with Crippen LogP contribution in [-0.4, -0.2) is 58.6 Å². The number of rotatable bonds is 5. The number of esters is 1. The summed E-state index contributed by atoms with van der Waals surface area (Å²) in [6.07, 6.45) is 0. The van der Waals surface area contributed by atoms with Crippen molar-refractivity contribution in [3.63, 3.8) is 0 Å². The number of halogens is 1. The zero-order chi connectivity index (χ0) is 21.0. The highest BCUT2D eigenvalue weighted by Gasteiger charge is 2.26. The number of benzene rings is 2. The van der Waals surface area contributed by atoms with Crippen LogP contribution in [0.1, 0.15) is 20.7 Å². The zero-order valence-corrected chi connectivity index (χ0v) is 16.4. The molecule has 0 spiro atoms. The fraction of sp³-hybridized carbons (Fsp3) is 0.263. The van der Waals surface area contributed by atoms with Gasteiger partial charge < -0.3 is 14.4 Å². The summed E-state index contributed by atoms with van der Waals surface area (Å²) in [7, 11) is -3.29. The van der Waals surface area contributed by atoms with E-state index in [1.54, 1.807) is 17.0 Å². The summed E-state index contributed by atoms with van der Waals surface area (Å²) < 4.78 is 51.8. The summed E-state index contributed by atoms with van der Waals surface area (Å²) in [6.45, 7) is 1.56. The lowest BCUT2D eigenvalue weighted by molar-refractivity contribution is 0.0303. The molecule has 0 bridgehead atoms. The fourth-order valence-corrected chi connectivity index (χ4v) is 4.03. The maximum atomic E-state index is 14.2. The maximum absolute atomic E-state index is 14.2. The molecular weight excluding hydrogens is 403 g/mol. The monoisotopic (exact) mass is 422 g/mol. The van der Waals surface area contributed by atoms with Crippen molar-refractivity contribution < 1.29 is 31.9 Å². The Morgan fingerprint density at radius 1 is 1.14 bits per heavy atom. The van der Waals surface area contributed by atoms with Crippen LogP contribution in [0.5, 0.6) is 0 Å². The van der Waals surface area contributed by atoms with Crippen LogP contribution in [0.4, 0.5) is 10.1 Å². The largest absolute Gasteiger partial charge is 0.465 e. The second kappa shape index (κ2) is 8.58. The first-order valence-electron chi connectivity index (χ1n) is 8.70. The molecule has 0 aliphatic carbocycles. The van der Waals surface area contributed by atoms with E-state index in [1.165, 1.54) is 12.1 Å². The molecule has 3 rings (SSSR count). The summed E-state index contributed by atoms with van der Waals surface area (Å²) in [4.78, 5) is 25.3. The highest BCUT2D eigenvalue weighted by Crippen LogP contribution is 2.24. The predicted octanol–water partition coefficient (Wildman–Crippen LogP) is 1.89. The number of amides is 1. The first-order valence-corrected chi connectivity index (χ1v) is 10.2. The third-order valence-corrected chi connectivity index (χ3v) is 5.72. The van der Waals surface area contributed by atoms with E-state index in [1.807, 2.05) is 0 Å². The third-order valence-electron chi connectivity index (χ3n) is 4.34. The Balaban J connectivity index is 1.94. The molecule has 1 aliphatic heterocycles. The van der Waals surface area contributed by atoms with E-state index in [2.05, 4.69) is 9.46 Å². The summed E-state index contributed by atoms with van der Waals surface area (Å²) in [5.74, 6) is -2.21. The first-order chi connectivity index (χ1) is 13.8. The van der Waals surface area contributed by atoms with Crippen molar-refractivity contribution in [3.05, 3.63) is 59.4 Å². The van der Waals surface area contributed by atoms with Crippen LogP contribution in [0.25, 0.3) is 0 Å². The normalized spacial score (nSPS) is 14.3. The predicted molar refractivity (Wildman–Crippen MR) is 102 cm³/mol. The van der Waals surface area contributed by atoms with Crippen LogP contribution < -0.4 is 4.72 Å². The van der Waals surface area contributed by atoms with Crippen molar-refractivity contribution in [2.75, 3.05) is 38.1 Å². The SMILES string of the molecule is COC(=O)c1ccc(F)c(S(=O)(=O)Nc2ccccc2C(=O)N2CCOCC2)c1. The molecule has 2 aromatic rings. The van der Waals surface area contributed by atoms with Crippen LogP contribution >= 0.6 is 0 Å². The number of carbonyl (C=O) groups excluding carboxylic acids is 2. The van der Waals surface area contributed by atoms with Crippen molar-refractivity contribution in [3.8, 4) is 0 Å². The van der Waals surface area contributed by atoms with Crippen molar-refractivity contribution >= 4 is 27.6 Å². The smallest absolute Gasteiger partial charge is 0.337 e.